The lowest BCUT2D eigenvalue weighted by molar-refractivity contribution is -0.0241. The Bertz CT molecular complexity index is 479. The third kappa shape index (κ3) is 2.99. The summed E-state index contributed by atoms with van der Waals surface area (Å²) in [6.45, 7) is 3.45. The van der Waals surface area contributed by atoms with Crippen molar-refractivity contribution in [1.29, 1.82) is 0 Å². The van der Waals surface area contributed by atoms with Crippen molar-refractivity contribution in [3.05, 3.63) is 34.3 Å². The number of carbonyl (C=O) groups excluding carboxylic acids is 1. The summed E-state index contributed by atoms with van der Waals surface area (Å²) >= 11 is 3.42. The van der Waals surface area contributed by atoms with E-state index >= 15 is 0 Å². The first kappa shape index (κ1) is 13.9. The monoisotopic (exact) mass is 338 g/mol. The van der Waals surface area contributed by atoms with Gasteiger partial charge in [-0.25, -0.2) is 4.79 Å². The van der Waals surface area contributed by atoms with Crippen LogP contribution in [0.4, 0.5) is 4.79 Å². The summed E-state index contributed by atoms with van der Waals surface area (Å²) < 4.78 is 6.80. The topological polar surface area (TPSA) is 41.6 Å². The number of amides is 2. The Morgan fingerprint density at radius 2 is 1.90 bits per heavy atom. The number of morpholine rings is 1. The molecule has 108 valence electrons. The van der Waals surface area contributed by atoms with E-state index in [1.54, 1.807) is 0 Å². The van der Waals surface area contributed by atoms with E-state index < -0.39 is 0 Å². The normalized spacial score (nSPS) is 26.4. The Balaban J connectivity index is 1.59. The first-order valence-electron chi connectivity index (χ1n) is 7.08. The van der Waals surface area contributed by atoms with Gasteiger partial charge in [-0.2, -0.15) is 0 Å². The molecule has 2 fully saturated rings. The van der Waals surface area contributed by atoms with Gasteiger partial charge in [-0.05, 0) is 37.5 Å². The van der Waals surface area contributed by atoms with Gasteiger partial charge in [0.25, 0.3) is 0 Å². The van der Waals surface area contributed by atoms with Crippen LogP contribution in [0.15, 0.2) is 28.7 Å². The quantitative estimate of drug-likeness (QED) is 0.900. The van der Waals surface area contributed by atoms with Gasteiger partial charge in [0.15, 0.2) is 0 Å². The van der Waals surface area contributed by atoms with Crippen LogP contribution >= 0.6 is 15.9 Å². The SMILES string of the molecule is C[C@@H](NC(=O)N1C[C@H]2CC[C@@H](C1)O2)c1ccc(Br)cc1. The first-order chi connectivity index (χ1) is 9.61. The van der Waals surface area contributed by atoms with E-state index in [9.17, 15) is 4.79 Å². The molecule has 5 heteroatoms. The zero-order valence-electron chi connectivity index (χ0n) is 11.5. The minimum absolute atomic E-state index is 0.0103. The number of hydrogen-bond donors (Lipinski definition) is 1. The Morgan fingerprint density at radius 3 is 2.50 bits per heavy atom. The molecular weight excluding hydrogens is 320 g/mol. The molecular formula is C15H19BrN2O2. The van der Waals surface area contributed by atoms with Crippen molar-refractivity contribution >= 4 is 22.0 Å². The number of carbonyl (C=O) groups is 1. The number of rotatable bonds is 2. The number of fused-ring (bicyclic) bond motifs is 2. The number of hydrogen-bond acceptors (Lipinski definition) is 2. The highest BCUT2D eigenvalue weighted by Crippen LogP contribution is 2.26. The van der Waals surface area contributed by atoms with Crippen LogP contribution in [-0.4, -0.2) is 36.2 Å². The van der Waals surface area contributed by atoms with Crippen LogP contribution in [0.3, 0.4) is 0 Å². The summed E-state index contributed by atoms with van der Waals surface area (Å²) in [5.41, 5.74) is 1.11. The second-order valence-electron chi connectivity index (χ2n) is 5.59. The number of halogens is 1. The van der Waals surface area contributed by atoms with E-state index in [4.69, 9.17) is 4.74 Å². The lowest BCUT2D eigenvalue weighted by atomic mass is 10.1. The maximum Gasteiger partial charge on any atom is 0.318 e. The van der Waals surface area contributed by atoms with Gasteiger partial charge < -0.3 is 15.0 Å². The Labute approximate surface area is 127 Å². The summed E-state index contributed by atoms with van der Waals surface area (Å²) in [5, 5.41) is 3.07. The highest BCUT2D eigenvalue weighted by Gasteiger charge is 2.35. The number of ether oxygens (including phenoxy) is 1. The lowest BCUT2D eigenvalue weighted by Crippen LogP contribution is -2.50. The van der Waals surface area contributed by atoms with Crippen molar-refractivity contribution in [1.82, 2.24) is 10.2 Å². The molecule has 4 nitrogen and oxygen atoms in total. The number of nitrogens with zero attached hydrogens (tertiary/aromatic N) is 1. The van der Waals surface area contributed by atoms with Crippen LogP contribution in [0.1, 0.15) is 31.4 Å². The van der Waals surface area contributed by atoms with Crippen molar-refractivity contribution in [2.24, 2.45) is 0 Å². The summed E-state index contributed by atoms with van der Waals surface area (Å²) in [4.78, 5) is 14.2. The van der Waals surface area contributed by atoms with Crippen molar-refractivity contribution in [2.75, 3.05) is 13.1 Å². The maximum atomic E-state index is 12.3. The molecule has 0 unspecified atom stereocenters. The zero-order chi connectivity index (χ0) is 14.1. The molecule has 0 aromatic heterocycles. The highest BCUT2D eigenvalue weighted by atomic mass is 79.9. The molecule has 3 atom stereocenters. The molecule has 2 heterocycles. The fourth-order valence-electron chi connectivity index (χ4n) is 2.89. The molecule has 0 radical (unpaired) electrons. The molecule has 2 amide bonds. The molecule has 1 N–H and O–H groups in total. The molecule has 2 aliphatic rings. The van der Waals surface area contributed by atoms with Crippen molar-refractivity contribution < 1.29 is 9.53 Å². The van der Waals surface area contributed by atoms with Crippen LogP contribution in [0.2, 0.25) is 0 Å². The summed E-state index contributed by atoms with van der Waals surface area (Å²) in [6, 6.07) is 8.06. The molecule has 0 spiro atoms. The Hall–Kier alpha value is -1.07. The summed E-state index contributed by atoms with van der Waals surface area (Å²) in [6.07, 6.45) is 2.64. The predicted octanol–water partition coefficient (Wildman–Crippen LogP) is 3.08. The zero-order valence-corrected chi connectivity index (χ0v) is 13.1. The van der Waals surface area contributed by atoms with Crippen LogP contribution in [0.25, 0.3) is 0 Å². The largest absolute Gasteiger partial charge is 0.371 e. The van der Waals surface area contributed by atoms with Crippen LogP contribution in [0, 0.1) is 0 Å². The molecule has 3 rings (SSSR count). The molecule has 2 saturated heterocycles. The van der Waals surface area contributed by atoms with Crippen molar-refractivity contribution in [3.63, 3.8) is 0 Å². The lowest BCUT2D eigenvalue weighted by Gasteiger charge is -2.33. The van der Waals surface area contributed by atoms with E-state index in [0.29, 0.717) is 0 Å². The van der Waals surface area contributed by atoms with Crippen LogP contribution < -0.4 is 5.32 Å². The molecule has 0 aliphatic carbocycles. The fraction of sp³-hybridized carbons (Fsp3) is 0.533. The third-order valence-corrected chi connectivity index (χ3v) is 4.57. The maximum absolute atomic E-state index is 12.3. The van der Waals surface area contributed by atoms with Crippen molar-refractivity contribution in [3.8, 4) is 0 Å². The van der Waals surface area contributed by atoms with E-state index in [1.165, 1.54) is 0 Å². The molecule has 2 aliphatic heterocycles. The Morgan fingerprint density at radius 1 is 1.30 bits per heavy atom. The van der Waals surface area contributed by atoms with Gasteiger partial charge in [0.2, 0.25) is 0 Å². The van der Waals surface area contributed by atoms with Gasteiger partial charge in [-0.15, -0.1) is 0 Å². The van der Waals surface area contributed by atoms with Gasteiger partial charge in [0.05, 0.1) is 18.2 Å². The van der Waals surface area contributed by atoms with E-state index in [1.807, 2.05) is 36.1 Å². The number of benzene rings is 1. The second-order valence-corrected chi connectivity index (χ2v) is 6.50. The average molecular weight is 339 g/mol. The van der Waals surface area contributed by atoms with E-state index in [2.05, 4.69) is 21.2 Å². The highest BCUT2D eigenvalue weighted by molar-refractivity contribution is 9.10. The minimum atomic E-state index is 0.0103. The van der Waals surface area contributed by atoms with Crippen molar-refractivity contribution in [2.45, 2.75) is 38.0 Å². The predicted molar refractivity (Wildman–Crippen MR) is 80.6 cm³/mol. The number of nitrogens with one attached hydrogen (secondary N) is 1. The average Bonchev–Trinajstić information content (AvgIpc) is 2.78. The second kappa shape index (κ2) is 5.74. The van der Waals surface area contributed by atoms with Gasteiger partial charge in [0.1, 0.15) is 0 Å². The van der Waals surface area contributed by atoms with Gasteiger partial charge >= 0.3 is 6.03 Å². The molecule has 1 aromatic rings. The number of urea groups is 1. The number of likely N-dealkylation sites (tertiary alicyclic amines) is 1. The van der Waals surface area contributed by atoms with E-state index in [-0.39, 0.29) is 24.3 Å². The summed E-state index contributed by atoms with van der Waals surface area (Å²) in [7, 11) is 0. The van der Waals surface area contributed by atoms with E-state index in [0.717, 1.165) is 36.0 Å². The minimum Gasteiger partial charge on any atom is -0.371 e. The van der Waals surface area contributed by atoms with Crippen LogP contribution in [0.5, 0.6) is 0 Å². The molecule has 1 aromatic carbocycles. The fourth-order valence-corrected chi connectivity index (χ4v) is 3.16. The van der Waals surface area contributed by atoms with Gasteiger partial charge in [0, 0.05) is 17.6 Å². The standard InChI is InChI=1S/C15H19BrN2O2/c1-10(11-2-4-12(16)5-3-11)17-15(19)18-8-13-6-7-14(9-18)20-13/h2-5,10,13-14H,6-9H2,1H3,(H,17,19)/t10-,13-,14+/m1/s1. The van der Waals surface area contributed by atoms with Gasteiger partial charge in [-0.1, -0.05) is 28.1 Å². The summed E-state index contributed by atoms with van der Waals surface area (Å²) in [5.74, 6) is 0. The molecule has 2 bridgehead atoms. The first-order valence-corrected chi connectivity index (χ1v) is 7.87. The Kier molecular flexibility index (Phi) is 3.98. The molecule has 0 saturated carbocycles. The van der Waals surface area contributed by atoms with Crippen LogP contribution in [-0.2, 0) is 4.74 Å². The van der Waals surface area contributed by atoms with Gasteiger partial charge in [-0.3, -0.25) is 0 Å². The third-order valence-electron chi connectivity index (χ3n) is 4.04. The molecule has 20 heavy (non-hydrogen) atoms. The smallest absolute Gasteiger partial charge is 0.318 e.